The number of hydrogen-bond donors (Lipinski definition) is 5. The van der Waals surface area contributed by atoms with Crippen LogP contribution < -0.4 is 4.74 Å². The summed E-state index contributed by atoms with van der Waals surface area (Å²) in [5.74, 6) is 0.0697. The molecular weight excluding hydrogens is 510 g/mol. The molecule has 2 aromatic rings. The highest BCUT2D eigenvalue weighted by Crippen LogP contribution is 2.69. The van der Waals surface area contributed by atoms with Gasteiger partial charge in [-0.25, -0.2) is 0 Å². The molecule has 0 radical (unpaired) electrons. The van der Waals surface area contributed by atoms with Crippen LogP contribution in [0.15, 0.2) is 48.5 Å². The minimum Gasteiger partial charge on any atom is -0.494 e. The third-order valence-electron chi connectivity index (χ3n) is 5.62. The zero-order valence-corrected chi connectivity index (χ0v) is 22.3. The van der Waals surface area contributed by atoms with Crippen molar-refractivity contribution in [1.29, 1.82) is 0 Å². The summed E-state index contributed by atoms with van der Waals surface area (Å²) in [5, 5.41) is 6.43. The van der Waals surface area contributed by atoms with Crippen molar-refractivity contribution < 1.29 is 48.1 Å². The van der Waals surface area contributed by atoms with Crippen LogP contribution in [0.25, 0.3) is 0 Å². The van der Waals surface area contributed by atoms with E-state index in [0.717, 1.165) is 12.0 Å². The zero-order valence-electron chi connectivity index (χ0n) is 20.5. The van der Waals surface area contributed by atoms with Crippen molar-refractivity contribution in [2.45, 2.75) is 57.6 Å². The molecule has 0 fully saturated rings. The second kappa shape index (κ2) is 12.5. The molecule has 0 heterocycles. The van der Waals surface area contributed by atoms with Crippen LogP contribution >= 0.6 is 15.2 Å². The van der Waals surface area contributed by atoms with Crippen molar-refractivity contribution in [1.82, 2.24) is 0 Å². The topological polar surface area (TPSA) is 171 Å². The maximum atomic E-state index is 12.5. The standard InChI is InChI=1S/C24H34O10P2/c1-17(2)14-19-8-10-21(11-9-19)18(3)23(25)34-16-20-6-4-7-22(15-20)33-13-5-12-24(26,35(27,28)29)36(30,31)32/h4,6-11,15,17-18,26H,5,12-14,16H2,1-3H3,(H2,27,28,29)(H2,30,31,32). The third kappa shape index (κ3) is 8.25. The maximum absolute atomic E-state index is 12.5. The van der Waals surface area contributed by atoms with Gasteiger partial charge in [-0.2, -0.15) is 0 Å². The summed E-state index contributed by atoms with van der Waals surface area (Å²) in [6.45, 7) is 5.89. The maximum Gasteiger partial charge on any atom is 0.369 e. The van der Waals surface area contributed by atoms with E-state index in [9.17, 15) is 38.6 Å². The lowest BCUT2D eigenvalue weighted by Gasteiger charge is -2.29. The fourth-order valence-electron chi connectivity index (χ4n) is 3.51. The second-order valence-electron chi connectivity index (χ2n) is 9.13. The Morgan fingerprint density at radius 1 is 0.944 bits per heavy atom. The van der Waals surface area contributed by atoms with Gasteiger partial charge in [-0.15, -0.1) is 0 Å². The molecule has 0 aromatic heterocycles. The molecule has 0 bridgehead atoms. The first-order valence-electron chi connectivity index (χ1n) is 11.4. The summed E-state index contributed by atoms with van der Waals surface area (Å²) in [6.07, 6.45) is -0.139. The van der Waals surface area contributed by atoms with Crippen LogP contribution in [0.4, 0.5) is 0 Å². The van der Waals surface area contributed by atoms with Crippen molar-refractivity contribution in [3.63, 3.8) is 0 Å². The largest absolute Gasteiger partial charge is 0.494 e. The number of ether oxygens (including phenoxy) is 2. The fourth-order valence-corrected chi connectivity index (χ4v) is 5.77. The zero-order chi connectivity index (χ0) is 27.1. The van der Waals surface area contributed by atoms with Crippen LogP contribution in [0.5, 0.6) is 5.75 Å². The fraction of sp³-hybridized carbons (Fsp3) is 0.458. The van der Waals surface area contributed by atoms with Crippen LogP contribution in [0.1, 0.15) is 56.2 Å². The molecular formula is C24H34O10P2. The molecule has 0 aliphatic rings. The molecule has 200 valence electrons. The highest BCUT2D eigenvalue weighted by Gasteiger charge is 2.58. The predicted octanol–water partition coefficient (Wildman–Crippen LogP) is 3.89. The molecule has 0 saturated heterocycles. The van der Waals surface area contributed by atoms with E-state index in [2.05, 4.69) is 13.8 Å². The quantitative estimate of drug-likeness (QED) is 0.142. The van der Waals surface area contributed by atoms with Gasteiger partial charge in [0.2, 0.25) is 0 Å². The average Bonchev–Trinajstić information content (AvgIpc) is 2.78. The van der Waals surface area contributed by atoms with Gasteiger partial charge in [-0.1, -0.05) is 50.2 Å². The number of esters is 1. The first kappa shape index (κ1) is 30.2. The number of benzene rings is 2. The SMILES string of the molecule is CC(C)Cc1ccc(C(C)C(=O)OCc2cccc(OCCCC(O)(P(=O)(O)O)P(=O)(O)O)c2)cc1. The summed E-state index contributed by atoms with van der Waals surface area (Å²) >= 11 is 0. The average molecular weight is 544 g/mol. The van der Waals surface area contributed by atoms with Crippen LogP contribution in [0.2, 0.25) is 0 Å². The lowest BCUT2D eigenvalue weighted by molar-refractivity contribution is -0.146. The summed E-state index contributed by atoms with van der Waals surface area (Å²) < 4.78 is 33.7. The van der Waals surface area contributed by atoms with E-state index < -0.39 is 32.6 Å². The predicted molar refractivity (Wildman–Crippen MR) is 133 cm³/mol. The molecule has 1 atom stereocenters. The van der Waals surface area contributed by atoms with Crippen molar-refractivity contribution in [3.05, 3.63) is 65.2 Å². The molecule has 12 heteroatoms. The van der Waals surface area contributed by atoms with Crippen molar-refractivity contribution in [2.24, 2.45) is 5.92 Å². The Hall–Kier alpha value is -2.03. The number of carbonyl (C=O) groups excluding carboxylic acids is 1. The van der Waals surface area contributed by atoms with Crippen LogP contribution in [-0.4, -0.2) is 42.3 Å². The number of rotatable bonds is 13. The molecule has 2 aromatic carbocycles. The number of hydrogen-bond acceptors (Lipinski definition) is 6. The smallest absolute Gasteiger partial charge is 0.369 e. The van der Waals surface area contributed by atoms with E-state index in [1.54, 1.807) is 31.2 Å². The summed E-state index contributed by atoms with van der Waals surface area (Å²) in [4.78, 5) is 49.2. The highest BCUT2D eigenvalue weighted by atomic mass is 31.2. The second-order valence-corrected chi connectivity index (χ2v) is 13.1. The van der Waals surface area contributed by atoms with Crippen LogP contribution in [-0.2, 0) is 31.7 Å². The van der Waals surface area contributed by atoms with E-state index in [4.69, 9.17) is 9.47 Å². The van der Waals surface area contributed by atoms with Gasteiger partial charge in [-0.05, 0) is 54.5 Å². The summed E-state index contributed by atoms with van der Waals surface area (Å²) in [6, 6.07) is 14.5. The van der Waals surface area contributed by atoms with Gasteiger partial charge >= 0.3 is 21.2 Å². The Balaban J connectivity index is 1.89. The molecule has 2 rings (SSSR count). The van der Waals surface area contributed by atoms with Gasteiger partial charge in [0, 0.05) is 6.42 Å². The summed E-state index contributed by atoms with van der Waals surface area (Å²) in [5.41, 5.74) is 2.71. The van der Waals surface area contributed by atoms with Gasteiger partial charge in [0.15, 0.2) is 0 Å². The molecule has 0 aliphatic carbocycles. The van der Waals surface area contributed by atoms with E-state index in [-0.39, 0.29) is 25.6 Å². The Kier molecular flexibility index (Phi) is 10.5. The Labute approximate surface area is 210 Å². The van der Waals surface area contributed by atoms with Gasteiger partial charge in [-0.3, -0.25) is 13.9 Å². The lowest BCUT2D eigenvalue weighted by Crippen LogP contribution is -2.29. The molecule has 0 amide bonds. The Morgan fingerprint density at radius 3 is 2.11 bits per heavy atom. The Bertz CT molecular complexity index is 1080. The lowest BCUT2D eigenvalue weighted by atomic mass is 9.97. The molecule has 0 saturated carbocycles. The minimum absolute atomic E-state index is 0.00196. The van der Waals surface area contributed by atoms with Gasteiger partial charge in [0.25, 0.3) is 5.08 Å². The normalized spacial score (nSPS) is 13.5. The monoisotopic (exact) mass is 544 g/mol. The van der Waals surface area contributed by atoms with Crippen LogP contribution in [0, 0.1) is 5.92 Å². The van der Waals surface area contributed by atoms with Gasteiger partial charge in [0.1, 0.15) is 12.4 Å². The Morgan fingerprint density at radius 2 is 1.56 bits per heavy atom. The van der Waals surface area contributed by atoms with Gasteiger partial charge in [0.05, 0.1) is 12.5 Å². The molecule has 0 aliphatic heterocycles. The molecule has 5 N–H and O–H groups in total. The van der Waals surface area contributed by atoms with E-state index in [1.807, 2.05) is 24.3 Å². The summed E-state index contributed by atoms with van der Waals surface area (Å²) in [7, 11) is -11.0. The molecule has 10 nitrogen and oxygen atoms in total. The van der Waals surface area contributed by atoms with Crippen LogP contribution in [0.3, 0.4) is 0 Å². The number of aliphatic hydroxyl groups is 1. The third-order valence-corrected chi connectivity index (χ3v) is 9.49. The van der Waals surface area contributed by atoms with Crippen molar-refractivity contribution in [3.8, 4) is 5.75 Å². The first-order chi connectivity index (χ1) is 16.6. The van der Waals surface area contributed by atoms with Crippen molar-refractivity contribution >= 4 is 21.2 Å². The van der Waals surface area contributed by atoms with E-state index >= 15 is 0 Å². The molecule has 36 heavy (non-hydrogen) atoms. The van der Waals surface area contributed by atoms with E-state index in [1.165, 1.54) is 5.56 Å². The molecule has 0 spiro atoms. The first-order valence-corrected chi connectivity index (χ1v) is 14.7. The minimum atomic E-state index is -5.50. The van der Waals surface area contributed by atoms with E-state index in [0.29, 0.717) is 17.2 Å². The highest BCUT2D eigenvalue weighted by molar-refractivity contribution is 7.72. The van der Waals surface area contributed by atoms with Crippen molar-refractivity contribution in [2.75, 3.05) is 6.61 Å². The molecule has 1 unspecified atom stereocenters. The number of carbonyl (C=O) groups is 1. The van der Waals surface area contributed by atoms with Gasteiger partial charge < -0.3 is 34.2 Å².